The van der Waals surface area contributed by atoms with Crippen molar-refractivity contribution < 1.29 is 18.9 Å². The van der Waals surface area contributed by atoms with Crippen LogP contribution in [0.2, 0.25) is 0 Å². The fourth-order valence-electron chi connectivity index (χ4n) is 13.2. The van der Waals surface area contributed by atoms with E-state index in [0.29, 0.717) is 0 Å². The van der Waals surface area contributed by atoms with Crippen LogP contribution >= 0.6 is 0 Å². The second-order valence-corrected chi connectivity index (χ2v) is 20.6. The number of fused-ring (bicyclic) bond motifs is 14. The molecule has 4 aliphatic heterocycles. The van der Waals surface area contributed by atoms with Gasteiger partial charge < -0.3 is 28.1 Å². The topological polar surface area (TPSA) is 46.8 Å². The molecule has 6 nitrogen and oxygen atoms in total. The summed E-state index contributed by atoms with van der Waals surface area (Å²) in [6.07, 6.45) is 0. The van der Waals surface area contributed by atoms with Crippen molar-refractivity contribution in [2.75, 3.05) is 0 Å². The number of aryl methyl sites for hydroxylation is 8. The molecule has 4 aliphatic rings. The first-order valence-corrected chi connectivity index (χ1v) is 24.4. The van der Waals surface area contributed by atoms with Crippen LogP contribution in [0.15, 0.2) is 133 Å². The van der Waals surface area contributed by atoms with Crippen LogP contribution in [0, 0.1) is 55.4 Å². The van der Waals surface area contributed by atoms with Crippen LogP contribution in [0.4, 0.5) is 0 Å². The Labute approximate surface area is 406 Å². The summed E-state index contributed by atoms with van der Waals surface area (Å²) in [5.41, 5.74) is 23.0. The fourth-order valence-corrected chi connectivity index (χ4v) is 13.2. The zero-order valence-corrected chi connectivity index (χ0v) is 40.4. The van der Waals surface area contributed by atoms with E-state index >= 15 is 0 Å². The third-order valence-electron chi connectivity index (χ3n) is 15.6. The summed E-state index contributed by atoms with van der Waals surface area (Å²) in [6, 6.07) is 48.8. The second-order valence-electron chi connectivity index (χ2n) is 20.6. The lowest BCUT2D eigenvalue weighted by Gasteiger charge is -2.37. The largest absolute Gasteiger partial charge is 0.458 e. The van der Waals surface area contributed by atoms with Gasteiger partial charge in [-0.3, -0.25) is 0 Å². The third kappa shape index (κ3) is 5.31. The number of rotatable bonds is 2. The van der Waals surface area contributed by atoms with E-state index in [1.165, 1.54) is 88.1 Å². The van der Waals surface area contributed by atoms with Gasteiger partial charge in [0.1, 0.15) is 46.0 Å². The van der Waals surface area contributed by atoms with Gasteiger partial charge in [0.15, 0.2) is 0 Å². The Balaban J connectivity index is 0.950. The molecule has 11 aromatic rings. The average molecular weight is 905 g/mol. The van der Waals surface area contributed by atoms with E-state index in [9.17, 15) is 0 Å². The van der Waals surface area contributed by atoms with Crippen molar-refractivity contribution in [2.45, 2.75) is 55.4 Å². The standard InChI is InChI=1S/C62H46B2N2O4/c1-31-17-35(5)59-41(21-31)42-22-32(2)18-36(6)60(42)65(59)39-25-53-57-55(27-39)69-51-29-48-52(30-47(51)63(57)45-13-9-11-15-49(45)67-53)70-56-28-40(26-54-58(56)64(48)46-14-10-12-16-50(46)68-54)66-61-37(7)19-33(3)23-43(61)44-24-34(4)20-38(8)62(44)66/h9-30H,1-8H3. The molecule has 0 radical (unpaired) electrons. The van der Waals surface area contributed by atoms with Gasteiger partial charge in [-0.1, -0.05) is 82.9 Å². The molecule has 0 saturated carbocycles. The third-order valence-corrected chi connectivity index (χ3v) is 15.6. The monoisotopic (exact) mass is 904 g/mol. The van der Waals surface area contributed by atoms with Crippen LogP contribution in [-0.2, 0) is 0 Å². The molecule has 0 unspecified atom stereocenters. The van der Waals surface area contributed by atoms with Gasteiger partial charge in [0.2, 0.25) is 0 Å². The zero-order valence-electron chi connectivity index (χ0n) is 40.4. The molecular formula is C62H46B2N2O4. The van der Waals surface area contributed by atoms with Crippen molar-refractivity contribution in [1.29, 1.82) is 0 Å². The van der Waals surface area contributed by atoms with E-state index in [1.807, 2.05) is 0 Å². The van der Waals surface area contributed by atoms with Crippen LogP contribution in [-0.4, -0.2) is 22.6 Å². The summed E-state index contributed by atoms with van der Waals surface area (Å²) >= 11 is 0. The lowest BCUT2D eigenvalue weighted by molar-refractivity contribution is 0.457. The number of aromatic nitrogens is 2. The van der Waals surface area contributed by atoms with Gasteiger partial charge in [0.05, 0.1) is 33.4 Å². The second kappa shape index (κ2) is 13.8. The minimum Gasteiger partial charge on any atom is -0.458 e. The summed E-state index contributed by atoms with van der Waals surface area (Å²) < 4.78 is 33.3. The normalized spacial score (nSPS) is 13.5. The number of hydrogen-bond donors (Lipinski definition) is 0. The van der Waals surface area contributed by atoms with Gasteiger partial charge in [-0.05, 0) is 148 Å². The molecule has 0 fully saturated rings. The Kier molecular flexibility index (Phi) is 7.85. The molecule has 0 amide bonds. The Morgan fingerprint density at radius 1 is 0.300 bits per heavy atom. The number of nitrogens with zero attached hydrogens (tertiary/aromatic N) is 2. The van der Waals surface area contributed by atoms with Crippen molar-refractivity contribution in [3.63, 3.8) is 0 Å². The van der Waals surface area contributed by atoms with Crippen LogP contribution in [0.5, 0.6) is 46.0 Å². The fraction of sp³-hybridized carbons (Fsp3) is 0.129. The van der Waals surface area contributed by atoms with Gasteiger partial charge in [0, 0.05) is 56.7 Å². The molecule has 9 aromatic carbocycles. The Hall–Kier alpha value is -8.09. The highest BCUT2D eigenvalue weighted by atomic mass is 16.5. The molecule has 0 N–H and O–H groups in total. The molecule has 6 heterocycles. The lowest BCUT2D eigenvalue weighted by atomic mass is 9.32. The number of para-hydroxylation sites is 2. The van der Waals surface area contributed by atoms with Crippen molar-refractivity contribution in [3.05, 3.63) is 178 Å². The maximum atomic E-state index is 7.29. The van der Waals surface area contributed by atoms with Crippen LogP contribution in [0.25, 0.3) is 55.0 Å². The van der Waals surface area contributed by atoms with Gasteiger partial charge in [-0.25, -0.2) is 0 Å². The Bertz CT molecular complexity index is 3850. The first kappa shape index (κ1) is 39.9. The van der Waals surface area contributed by atoms with Crippen LogP contribution < -0.4 is 51.7 Å². The van der Waals surface area contributed by atoms with Crippen molar-refractivity contribution in [3.8, 4) is 57.4 Å². The summed E-state index contributed by atoms with van der Waals surface area (Å²) in [5.74, 6) is 6.49. The van der Waals surface area contributed by atoms with E-state index in [2.05, 4.69) is 198 Å². The quantitative estimate of drug-likeness (QED) is 0.162. The van der Waals surface area contributed by atoms with Gasteiger partial charge in [-0.2, -0.15) is 0 Å². The summed E-state index contributed by atoms with van der Waals surface area (Å²) in [6.45, 7) is 17.3. The van der Waals surface area contributed by atoms with E-state index < -0.39 is 0 Å². The number of benzene rings is 9. The van der Waals surface area contributed by atoms with E-state index in [1.54, 1.807) is 0 Å². The molecule has 0 saturated heterocycles. The van der Waals surface area contributed by atoms with E-state index in [4.69, 9.17) is 18.9 Å². The molecular weight excluding hydrogens is 858 g/mol. The average Bonchev–Trinajstić information content (AvgIpc) is 3.84. The van der Waals surface area contributed by atoms with Gasteiger partial charge in [-0.15, -0.1) is 0 Å². The lowest BCUT2D eigenvalue weighted by Crippen LogP contribution is -2.60. The predicted octanol–water partition coefficient (Wildman–Crippen LogP) is 11.8. The molecule has 0 atom stereocenters. The summed E-state index contributed by atoms with van der Waals surface area (Å²) in [7, 11) is 0. The number of hydrogen-bond acceptors (Lipinski definition) is 4. The van der Waals surface area contributed by atoms with E-state index in [-0.39, 0.29) is 13.4 Å². The smallest absolute Gasteiger partial charge is 0.260 e. The molecule has 2 aromatic heterocycles. The van der Waals surface area contributed by atoms with Crippen molar-refractivity contribution >= 4 is 89.8 Å². The summed E-state index contributed by atoms with van der Waals surface area (Å²) in [4.78, 5) is 0. The Morgan fingerprint density at radius 3 is 0.929 bits per heavy atom. The van der Waals surface area contributed by atoms with Crippen LogP contribution in [0.1, 0.15) is 44.5 Å². The van der Waals surface area contributed by atoms with E-state index in [0.717, 1.165) is 90.1 Å². The zero-order chi connectivity index (χ0) is 47.2. The summed E-state index contributed by atoms with van der Waals surface area (Å²) in [5, 5.41) is 5.01. The minimum atomic E-state index is -0.158. The molecule has 0 bridgehead atoms. The molecule has 15 rings (SSSR count). The van der Waals surface area contributed by atoms with Crippen LogP contribution in [0.3, 0.4) is 0 Å². The van der Waals surface area contributed by atoms with Gasteiger partial charge >= 0.3 is 0 Å². The molecule has 70 heavy (non-hydrogen) atoms. The minimum absolute atomic E-state index is 0.158. The predicted molar refractivity (Wildman–Crippen MR) is 288 cm³/mol. The highest BCUT2D eigenvalue weighted by Gasteiger charge is 2.45. The molecule has 334 valence electrons. The first-order valence-electron chi connectivity index (χ1n) is 24.4. The maximum Gasteiger partial charge on any atom is 0.260 e. The van der Waals surface area contributed by atoms with Crippen molar-refractivity contribution in [1.82, 2.24) is 9.13 Å². The molecule has 0 aliphatic carbocycles. The Morgan fingerprint density at radius 2 is 0.600 bits per heavy atom. The molecule has 0 spiro atoms. The highest BCUT2D eigenvalue weighted by Crippen LogP contribution is 2.45. The SMILES string of the molecule is Cc1cc(C)c2c(c1)c1cc(C)cc(C)c1n2-c1cc2c3c(c1)Oc1cc4c(cc1B3c1ccccc1O2)Oc1cc(-n2c3c(C)cc(C)cc3c3cc(C)cc(C)c32)cc2c1B4c1ccccc1O2. The highest BCUT2D eigenvalue weighted by molar-refractivity contribution is 7.00. The first-order chi connectivity index (χ1) is 33.9. The number of ether oxygens (including phenoxy) is 4. The van der Waals surface area contributed by atoms with Gasteiger partial charge in [0.25, 0.3) is 13.4 Å². The molecule has 8 heteroatoms. The maximum absolute atomic E-state index is 7.29. The van der Waals surface area contributed by atoms with Crippen molar-refractivity contribution in [2.24, 2.45) is 0 Å².